The molecule has 0 saturated carbocycles. The van der Waals surface area contributed by atoms with Crippen LogP contribution in [0, 0.1) is 5.82 Å². The lowest BCUT2D eigenvalue weighted by Crippen LogP contribution is -2.04. The van der Waals surface area contributed by atoms with E-state index in [0.29, 0.717) is 6.54 Å². The summed E-state index contributed by atoms with van der Waals surface area (Å²) in [6, 6.07) is 31.7. The van der Waals surface area contributed by atoms with Gasteiger partial charge in [0.1, 0.15) is 5.82 Å². The molecule has 1 nitrogen and oxygen atoms in total. The summed E-state index contributed by atoms with van der Waals surface area (Å²) in [6.45, 7) is 0.556. The molecule has 0 aliphatic carbocycles. The molecule has 2 heteroatoms. The van der Waals surface area contributed by atoms with E-state index in [4.69, 9.17) is 4.99 Å². The number of halogens is 1. The Balaban J connectivity index is 1.78. The van der Waals surface area contributed by atoms with Crippen molar-refractivity contribution in [2.24, 2.45) is 4.99 Å². The van der Waals surface area contributed by atoms with Gasteiger partial charge in [-0.05, 0) is 39.9 Å². The molecule has 0 spiro atoms. The van der Waals surface area contributed by atoms with Crippen molar-refractivity contribution in [3.05, 3.63) is 120 Å². The maximum atomic E-state index is 14.2. The molecule has 0 fully saturated rings. The van der Waals surface area contributed by atoms with Gasteiger partial charge in [-0.3, -0.25) is 4.99 Å². The van der Waals surface area contributed by atoms with Crippen LogP contribution in [0.25, 0.3) is 22.3 Å². The molecule has 0 atom stereocenters. The molecule has 1 heterocycles. The van der Waals surface area contributed by atoms with E-state index in [1.807, 2.05) is 54.6 Å². The summed E-state index contributed by atoms with van der Waals surface area (Å²) in [5.41, 5.74) is 8.34. The highest BCUT2D eigenvalue weighted by atomic mass is 19.1. The first-order valence-electron chi connectivity index (χ1n) is 9.39. The molecule has 4 aromatic rings. The molecule has 4 aromatic carbocycles. The molecule has 0 saturated heterocycles. The van der Waals surface area contributed by atoms with E-state index in [1.54, 1.807) is 6.07 Å². The third-order valence-electron chi connectivity index (χ3n) is 5.23. The van der Waals surface area contributed by atoms with E-state index in [-0.39, 0.29) is 5.82 Å². The number of hydrogen-bond acceptors (Lipinski definition) is 1. The molecule has 0 amide bonds. The van der Waals surface area contributed by atoms with Gasteiger partial charge in [0.25, 0.3) is 0 Å². The van der Waals surface area contributed by atoms with Crippen LogP contribution < -0.4 is 0 Å². The Morgan fingerprint density at radius 1 is 0.571 bits per heavy atom. The molecule has 0 N–H and O–H groups in total. The minimum atomic E-state index is -0.245. The Kier molecular flexibility index (Phi) is 4.10. The second-order valence-corrected chi connectivity index (χ2v) is 6.92. The summed E-state index contributed by atoms with van der Waals surface area (Å²) < 4.78 is 14.2. The van der Waals surface area contributed by atoms with Crippen LogP contribution in [0.3, 0.4) is 0 Å². The van der Waals surface area contributed by atoms with Gasteiger partial charge >= 0.3 is 0 Å². The maximum absolute atomic E-state index is 14.2. The van der Waals surface area contributed by atoms with Crippen molar-refractivity contribution in [2.75, 3.05) is 0 Å². The lowest BCUT2D eigenvalue weighted by atomic mass is 9.89. The van der Waals surface area contributed by atoms with Crippen molar-refractivity contribution in [1.82, 2.24) is 0 Å². The second kappa shape index (κ2) is 6.90. The van der Waals surface area contributed by atoms with Crippen LogP contribution in [0.1, 0.15) is 16.7 Å². The quantitative estimate of drug-likeness (QED) is 0.385. The standard InChI is InChI=1S/C26H18FN/c27-20-14-15-23-22-13-7-12-21(18-8-3-1-4-9-18)25(22)17-28-26(24(23)16-20)19-10-5-2-6-11-19/h1-16H,17H2. The number of benzene rings is 4. The Labute approximate surface area is 163 Å². The molecule has 134 valence electrons. The average Bonchev–Trinajstić information content (AvgIpc) is 2.91. The van der Waals surface area contributed by atoms with Crippen molar-refractivity contribution in [2.45, 2.75) is 6.54 Å². The molecule has 5 rings (SSSR count). The Bertz CT molecular complexity index is 1180. The molecule has 0 bridgehead atoms. The van der Waals surface area contributed by atoms with Gasteiger partial charge in [-0.1, -0.05) is 84.9 Å². The predicted octanol–water partition coefficient (Wildman–Crippen LogP) is 6.51. The lowest BCUT2D eigenvalue weighted by molar-refractivity contribution is 0.628. The summed E-state index contributed by atoms with van der Waals surface area (Å²) in [4.78, 5) is 4.95. The molecule has 1 aliphatic heterocycles. The third-order valence-corrected chi connectivity index (χ3v) is 5.23. The van der Waals surface area contributed by atoms with Crippen molar-refractivity contribution in [1.29, 1.82) is 0 Å². The van der Waals surface area contributed by atoms with Crippen LogP contribution >= 0.6 is 0 Å². The van der Waals surface area contributed by atoms with Gasteiger partial charge in [0.05, 0.1) is 12.3 Å². The van der Waals surface area contributed by atoms with Crippen LogP contribution in [0.5, 0.6) is 0 Å². The molecule has 1 aliphatic rings. The molecular weight excluding hydrogens is 345 g/mol. The van der Waals surface area contributed by atoms with E-state index >= 15 is 0 Å². The topological polar surface area (TPSA) is 12.4 Å². The van der Waals surface area contributed by atoms with Crippen LogP contribution in [-0.4, -0.2) is 5.71 Å². The Morgan fingerprint density at radius 2 is 1.25 bits per heavy atom. The van der Waals surface area contributed by atoms with E-state index in [0.717, 1.165) is 28.0 Å². The van der Waals surface area contributed by atoms with E-state index < -0.39 is 0 Å². The zero-order valence-corrected chi connectivity index (χ0v) is 15.3. The number of hydrogen-bond donors (Lipinski definition) is 0. The fraction of sp³-hybridized carbons (Fsp3) is 0.0385. The van der Waals surface area contributed by atoms with E-state index in [9.17, 15) is 4.39 Å². The molecule has 0 aromatic heterocycles. The summed E-state index contributed by atoms with van der Waals surface area (Å²) in [5.74, 6) is -0.245. The van der Waals surface area contributed by atoms with Crippen LogP contribution in [-0.2, 0) is 6.54 Å². The van der Waals surface area contributed by atoms with Crippen LogP contribution in [0.15, 0.2) is 102 Å². The average molecular weight is 363 g/mol. The molecule has 28 heavy (non-hydrogen) atoms. The maximum Gasteiger partial charge on any atom is 0.123 e. The molecular formula is C26H18FN. The molecule has 0 unspecified atom stereocenters. The van der Waals surface area contributed by atoms with Gasteiger partial charge in [0, 0.05) is 11.1 Å². The van der Waals surface area contributed by atoms with Gasteiger partial charge in [-0.2, -0.15) is 0 Å². The van der Waals surface area contributed by atoms with Gasteiger partial charge < -0.3 is 0 Å². The first kappa shape index (κ1) is 16.6. The highest BCUT2D eigenvalue weighted by molar-refractivity contribution is 6.17. The summed E-state index contributed by atoms with van der Waals surface area (Å²) in [6.07, 6.45) is 0. The predicted molar refractivity (Wildman–Crippen MR) is 113 cm³/mol. The first-order valence-corrected chi connectivity index (χ1v) is 9.39. The van der Waals surface area contributed by atoms with Crippen LogP contribution in [0.4, 0.5) is 4.39 Å². The third kappa shape index (κ3) is 2.84. The monoisotopic (exact) mass is 363 g/mol. The van der Waals surface area contributed by atoms with Crippen molar-refractivity contribution < 1.29 is 4.39 Å². The zero-order chi connectivity index (χ0) is 18.9. The van der Waals surface area contributed by atoms with Gasteiger partial charge in [0.15, 0.2) is 0 Å². The number of fused-ring (bicyclic) bond motifs is 3. The van der Waals surface area contributed by atoms with Gasteiger partial charge in [-0.25, -0.2) is 4.39 Å². The zero-order valence-electron chi connectivity index (χ0n) is 15.3. The van der Waals surface area contributed by atoms with E-state index in [2.05, 4.69) is 30.3 Å². The largest absolute Gasteiger partial charge is 0.279 e. The minimum absolute atomic E-state index is 0.245. The summed E-state index contributed by atoms with van der Waals surface area (Å²) >= 11 is 0. The number of rotatable bonds is 2. The Morgan fingerprint density at radius 3 is 2.00 bits per heavy atom. The lowest BCUT2D eigenvalue weighted by Gasteiger charge is -2.14. The minimum Gasteiger partial charge on any atom is -0.279 e. The summed E-state index contributed by atoms with van der Waals surface area (Å²) in [7, 11) is 0. The van der Waals surface area contributed by atoms with E-state index in [1.165, 1.54) is 22.8 Å². The number of aliphatic imine (C=N–C) groups is 1. The van der Waals surface area contributed by atoms with Crippen LogP contribution in [0.2, 0.25) is 0 Å². The SMILES string of the molecule is Fc1ccc2c(c1)C(c1ccccc1)=NCc1c(-c3ccccc3)cccc1-2. The van der Waals surface area contributed by atoms with Crippen molar-refractivity contribution in [3.63, 3.8) is 0 Å². The first-order chi connectivity index (χ1) is 13.8. The van der Waals surface area contributed by atoms with Gasteiger partial charge in [0.2, 0.25) is 0 Å². The highest BCUT2D eigenvalue weighted by Crippen LogP contribution is 2.38. The van der Waals surface area contributed by atoms with Crippen molar-refractivity contribution in [3.8, 4) is 22.3 Å². The van der Waals surface area contributed by atoms with Crippen molar-refractivity contribution >= 4 is 5.71 Å². The second-order valence-electron chi connectivity index (χ2n) is 6.92. The fourth-order valence-corrected chi connectivity index (χ4v) is 3.93. The number of nitrogens with zero attached hydrogens (tertiary/aromatic N) is 1. The van der Waals surface area contributed by atoms with Gasteiger partial charge in [-0.15, -0.1) is 0 Å². The fourth-order valence-electron chi connectivity index (χ4n) is 3.93. The smallest absolute Gasteiger partial charge is 0.123 e. The normalized spacial score (nSPS) is 12.5. The Hall–Kier alpha value is -3.52. The molecule has 0 radical (unpaired) electrons. The summed E-state index contributed by atoms with van der Waals surface area (Å²) in [5, 5.41) is 0. The highest BCUT2D eigenvalue weighted by Gasteiger charge is 2.21.